The number of nitro groups is 1. The second-order valence-corrected chi connectivity index (χ2v) is 5.96. The summed E-state index contributed by atoms with van der Waals surface area (Å²) < 4.78 is 2.00. The molecule has 0 aliphatic rings. The van der Waals surface area contributed by atoms with Gasteiger partial charge in [-0.15, -0.1) is 10.2 Å². The molecule has 24 heavy (non-hydrogen) atoms. The van der Waals surface area contributed by atoms with E-state index in [1.54, 1.807) is 12.1 Å². The highest BCUT2D eigenvalue weighted by molar-refractivity contribution is 7.99. The number of anilines is 1. The number of carbonyl (C=O) groups is 1. The lowest BCUT2D eigenvalue weighted by Crippen LogP contribution is -2.15. The molecule has 0 spiro atoms. The summed E-state index contributed by atoms with van der Waals surface area (Å²) in [6, 6.07) is 6.06. The lowest BCUT2D eigenvalue weighted by atomic mass is 10.2. The van der Waals surface area contributed by atoms with Gasteiger partial charge in [0, 0.05) is 19.0 Å². The van der Waals surface area contributed by atoms with E-state index in [-0.39, 0.29) is 23.0 Å². The van der Waals surface area contributed by atoms with Gasteiger partial charge in [-0.05, 0) is 12.5 Å². The molecule has 128 valence electrons. The summed E-state index contributed by atoms with van der Waals surface area (Å²) in [6.45, 7) is 4.87. The molecule has 0 bridgehead atoms. The van der Waals surface area contributed by atoms with Crippen LogP contribution in [0.1, 0.15) is 26.1 Å². The fraction of sp³-hybridized carbons (Fsp3) is 0.400. The Bertz CT molecular complexity index is 732. The zero-order valence-electron chi connectivity index (χ0n) is 13.6. The van der Waals surface area contributed by atoms with Gasteiger partial charge < -0.3 is 9.88 Å². The van der Waals surface area contributed by atoms with Crippen LogP contribution in [0.4, 0.5) is 11.4 Å². The number of nitrogens with one attached hydrogen (secondary N) is 1. The van der Waals surface area contributed by atoms with E-state index in [0.717, 1.165) is 25.2 Å². The third kappa shape index (κ3) is 4.31. The largest absolute Gasteiger partial charge is 0.320 e. The summed E-state index contributed by atoms with van der Waals surface area (Å²) in [5, 5.41) is 22.5. The average Bonchev–Trinajstić information content (AvgIpc) is 2.95. The van der Waals surface area contributed by atoms with Crippen molar-refractivity contribution in [3.8, 4) is 0 Å². The molecule has 0 saturated carbocycles. The van der Waals surface area contributed by atoms with Gasteiger partial charge in [-0.25, -0.2) is 0 Å². The lowest BCUT2D eigenvalue weighted by Gasteiger charge is -2.08. The minimum absolute atomic E-state index is 0.109. The standard InChI is InChI=1S/C15H19N5O3S/c1-3-9-19-13(4-2)17-18-15(19)24-10-14(21)16-11-7-5-6-8-12(11)20(22)23/h5-8H,3-4,9-10H2,1-2H3,(H,16,21). The topological polar surface area (TPSA) is 103 Å². The van der Waals surface area contributed by atoms with Gasteiger partial charge in [-0.1, -0.05) is 37.7 Å². The molecule has 1 heterocycles. The molecule has 0 radical (unpaired) electrons. The van der Waals surface area contributed by atoms with Crippen molar-refractivity contribution in [1.82, 2.24) is 14.8 Å². The number of nitro benzene ring substituents is 1. The van der Waals surface area contributed by atoms with Crippen LogP contribution in [0, 0.1) is 10.1 Å². The van der Waals surface area contributed by atoms with Crippen molar-refractivity contribution in [2.75, 3.05) is 11.1 Å². The molecular weight excluding hydrogens is 330 g/mol. The number of nitrogens with zero attached hydrogens (tertiary/aromatic N) is 4. The molecule has 2 rings (SSSR count). The number of aromatic nitrogens is 3. The first-order valence-corrected chi connectivity index (χ1v) is 8.63. The Hall–Kier alpha value is -2.42. The van der Waals surface area contributed by atoms with Gasteiger partial charge in [0.05, 0.1) is 10.7 Å². The highest BCUT2D eigenvalue weighted by Crippen LogP contribution is 2.24. The van der Waals surface area contributed by atoms with Crippen LogP contribution in [0.3, 0.4) is 0 Å². The minimum Gasteiger partial charge on any atom is -0.320 e. The predicted octanol–water partition coefficient (Wildman–Crippen LogP) is 2.89. The molecule has 0 unspecified atom stereocenters. The molecule has 0 fully saturated rings. The Labute approximate surface area is 143 Å². The van der Waals surface area contributed by atoms with Crippen LogP contribution in [0.5, 0.6) is 0 Å². The molecule has 2 aromatic rings. The molecule has 0 aliphatic heterocycles. The van der Waals surface area contributed by atoms with Gasteiger partial charge in [-0.3, -0.25) is 14.9 Å². The summed E-state index contributed by atoms with van der Waals surface area (Å²) in [6.07, 6.45) is 1.72. The third-order valence-corrected chi connectivity index (χ3v) is 4.23. The van der Waals surface area contributed by atoms with Gasteiger partial charge in [-0.2, -0.15) is 0 Å². The van der Waals surface area contributed by atoms with Crippen LogP contribution in [-0.2, 0) is 17.8 Å². The fourth-order valence-corrected chi connectivity index (χ4v) is 2.97. The van der Waals surface area contributed by atoms with Crippen LogP contribution >= 0.6 is 11.8 Å². The number of hydrogen-bond donors (Lipinski definition) is 1. The van der Waals surface area contributed by atoms with Crippen molar-refractivity contribution in [3.63, 3.8) is 0 Å². The maximum atomic E-state index is 12.1. The minimum atomic E-state index is -0.520. The summed E-state index contributed by atoms with van der Waals surface area (Å²) >= 11 is 1.27. The lowest BCUT2D eigenvalue weighted by molar-refractivity contribution is -0.383. The van der Waals surface area contributed by atoms with Crippen molar-refractivity contribution < 1.29 is 9.72 Å². The van der Waals surface area contributed by atoms with Crippen LogP contribution in [-0.4, -0.2) is 31.3 Å². The first-order valence-electron chi connectivity index (χ1n) is 7.65. The number of aryl methyl sites for hydroxylation is 1. The van der Waals surface area contributed by atoms with E-state index in [1.165, 1.54) is 23.9 Å². The maximum Gasteiger partial charge on any atom is 0.292 e. The van der Waals surface area contributed by atoms with Gasteiger partial charge in [0.25, 0.3) is 5.69 Å². The van der Waals surface area contributed by atoms with E-state index >= 15 is 0 Å². The number of para-hydroxylation sites is 2. The van der Waals surface area contributed by atoms with Crippen LogP contribution in [0.25, 0.3) is 0 Å². The number of hydrogen-bond acceptors (Lipinski definition) is 6. The van der Waals surface area contributed by atoms with Gasteiger partial charge in [0.1, 0.15) is 11.5 Å². The summed E-state index contributed by atoms with van der Waals surface area (Å²) in [4.78, 5) is 22.5. The van der Waals surface area contributed by atoms with Crippen LogP contribution in [0.15, 0.2) is 29.4 Å². The Kier molecular flexibility index (Phi) is 6.30. The van der Waals surface area contributed by atoms with Crippen molar-refractivity contribution in [2.24, 2.45) is 0 Å². The molecule has 1 aromatic heterocycles. The zero-order valence-corrected chi connectivity index (χ0v) is 14.4. The number of benzene rings is 1. The highest BCUT2D eigenvalue weighted by Gasteiger charge is 2.16. The first kappa shape index (κ1) is 17.9. The average molecular weight is 349 g/mol. The van der Waals surface area contributed by atoms with Crippen molar-refractivity contribution >= 4 is 29.0 Å². The van der Waals surface area contributed by atoms with E-state index in [2.05, 4.69) is 22.4 Å². The van der Waals surface area contributed by atoms with Crippen molar-refractivity contribution in [3.05, 3.63) is 40.2 Å². The summed E-state index contributed by atoms with van der Waals surface area (Å²) in [7, 11) is 0. The molecule has 0 atom stereocenters. The molecular formula is C15H19N5O3S. The Morgan fingerprint density at radius 2 is 2.08 bits per heavy atom. The molecule has 9 heteroatoms. The second-order valence-electron chi connectivity index (χ2n) is 5.02. The van der Waals surface area contributed by atoms with Gasteiger partial charge in [0.15, 0.2) is 5.16 Å². The Morgan fingerprint density at radius 3 is 2.75 bits per heavy atom. The van der Waals surface area contributed by atoms with Gasteiger partial charge >= 0.3 is 0 Å². The Morgan fingerprint density at radius 1 is 1.33 bits per heavy atom. The number of carbonyl (C=O) groups excluding carboxylic acids is 1. The van der Waals surface area contributed by atoms with Crippen LogP contribution < -0.4 is 5.32 Å². The summed E-state index contributed by atoms with van der Waals surface area (Å²) in [5.41, 5.74) is 0.0654. The van der Waals surface area contributed by atoms with Crippen molar-refractivity contribution in [2.45, 2.75) is 38.4 Å². The van der Waals surface area contributed by atoms with Gasteiger partial charge in [0.2, 0.25) is 5.91 Å². The molecule has 1 N–H and O–H groups in total. The van der Waals surface area contributed by atoms with E-state index in [0.29, 0.717) is 5.16 Å². The quantitative estimate of drug-likeness (QED) is 0.446. The fourth-order valence-electron chi connectivity index (χ4n) is 2.19. The zero-order chi connectivity index (χ0) is 17.5. The number of rotatable bonds is 8. The normalized spacial score (nSPS) is 10.6. The maximum absolute atomic E-state index is 12.1. The molecule has 0 aliphatic carbocycles. The van der Waals surface area contributed by atoms with E-state index in [9.17, 15) is 14.9 Å². The van der Waals surface area contributed by atoms with E-state index in [4.69, 9.17) is 0 Å². The second kappa shape index (κ2) is 8.44. The summed E-state index contributed by atoms with van der Waals surface area (Å²) in [5.74, 6) is 0.675. The smallest absolute Gasteiger partial charge is 0.292 e. The SMILES string of the molecule is CCCn1c(CC)nnc1SCC(=O)Nc1ccccc1[N+](=O)[O-]. The Balaban J connectivity index is 2.02. The molecule has 8 nitrogen and oxygen atoms in total. The van der Waals surface area contributed by atoms with E-state index < -0.39 is 4.92 Å². The first-order chi connectivity index (χ1) is 11.6. The monoisotopic (exact) mass is 349 g/mol. The molecule has 1 aromatic carbocycles. The van der Waals surface area contributed by atoms with Crippen LogP contribution in [0.2, 0.25) is 0 Å². The highest BCUT2D eigenvalue weighted by atomic mass is 32.2. The number of thioether (sulfide) groups is 1. The van der Waals surface area contributed by atoms with Crippen molar-refractivity contribution in [1.29, 1.82) is 0 Å². The predicted molar refractivity (Wildman–Crippen MR) is 92.1 cm³/mol. The third-order valence-electron chi connectivity index (χ3n) is 3.26. The van der Waals surface area contributed by atoms with E-state index in [1.807, 2.05) is 11.5 Å². The molecule has 1 amide bonds. The number of amides is 1. The molecule has 0 saturated heterocycles.